The largest absolute Gasteiger partial charge is 0.451 e. The van der Waals surface area contributed by atoms with Crippen LogP contribution >= 0.6 is 11.3 Å². The molecule has 142 valence electrons. The van der Waals surface area contributed by atoms with Crippen LogP contribution in [0.2, 0.25) is 0 Å². The zero-order chi connectivity index (χ0) is 19.2. The molecule has 6 nitrogen and oxygen atoms in total. The number of halogens is 3. The number of anilines is 2. The number of carbonyl (C=O) groups is 1. The fraction of sp³-hybridized carbons (Fsp3) is 0.500. The lowest BCUT2D eigenvalue weighted by atomic mass is 10.1. The van der Waals surface area contributed by atoms with Gasteiger partial charge >= 0.3 is 6.18 Å². The van der Waals surface area contributed by atoms with Gasteiger partial charge in [-0.15, -0.1) is 0 Å². The zero-order valence-corrected chi connectivity index (χ0v) is 15.2. The summed E-state index contributed by atoms with van der Waals surface area (Å²) in [6, 6.07) is 1.97. The summed E-state index contributed by atoms with van der Waals surface area (Å²) in [7, 11) is 0. The van der Waals surface area contributed by atoms with Crippen LogP contribution in [0.1, 0.15) is 44.5 Å². The van der Waals surface area contributed by atoms with Gasteiger partial charge in [0.1, 0.15) is 0 Å². The Hall–Kier alpha value is -2.23. The molecule has 0 spiro atoms. The van der Waals surface area contributed by atoms with Gasteiger partial charge in [0.2, 0.25) is 23.6 Å². The molecule has 0 saturated heterocycles. The molecular weight excluding hydrogens is 367 g/mol. The van der Waals surface area contributed by atoms with Crippen molar-refractivity contribution < 1.29 is 18.0 Å². The molecule has 0 aliphatic carbocycles. The van der Waals surface area contributed by atoms with Crippen molar-refractivity contribution in [1.29, 1.82) is 0 Å². The monoisotopic (exact) mass is 387 g/mol. The average Bonchev–Trinajstić information content (AvgIpc) is 3.05. The van der Waals surface area contributed by atoms with E-state index in [1.807, 2.05) is 12.3 Å². The van der Waals surface area contributed by atoms with Gasteiger partial charge in [-0.1, -0.05) is 6.92 Å². The molecule has 1 atom stereocenters. The predicted octanol–water partition coefficient (Wildman–Crippen LogP) is 4.12. The van der Waals surface area contributed by atoms with Gasteiger partial charge in [-0.2, -0.15) is 39.5 Å². The third-order valence-corrected chi connectivity index (χ3v) is 4.33. The first-order valence-electron chi connectivity index (χ1n) is 8.16. The van der Waals surface area contributed by atoms with Crippen LogP contribution in [0.3, 0.4) is 0 Å². The number of rotatable bonds is 8. The van der Waals surface area contributed by atoms with Crippen molar-refractivity contribution in [2.45, 2.75) is 51.7 Å². The Balaban J connectivity index is 2.07. The maximum Gasteiger partial charge on any atom is 0.451 e. The molecule has 0 aromatic carbocycles. The smallest absolute Gasteiger partial charge is 0.351 e. The fourth-order valence-electron chi connectivity index (χ4n) is 2.33. The third kappa shape index (κ3) is 6.25. The first-order valence-corrected chi connectivity index (χ1v) is 9.10. The fourth-order valence-corrected chi connectivity index (χ4v) is 3.03. The highest BCUT2D eigenvalue weighted by atomic mass is 32.1. The Bertz CT molecular complexity index is 721. The quantitative estimate of drug-likeness (QED) is 0.712. The maximum absolute atomic E-state index is 13.0. The number of nitrogens with zero attached hydrogens (tertiary/aromatic N) is 3. The summed E-state index contributed by atoms with van der Waals surface area (Å²) in [4.78, 5) is 21.7. The molecule has 2 heterocycles. The SMILES string of the molecule is CCC(CCCc1ccsc1)Nc1nc(NC(C)=O)nc(C(F)(F)F)n1. The number of aryl methyl sites for hydroxylation is 1. The minimum Gasteiger partial charge on any atom is -0.351 e. The van der Waals surface area contributed by atoms with Gasteiger partial charge in [0, 0.05) is 13.0 Å². The van der Waals surface area contributed by atoms with E-state index in [1.54, 1.807) is 11.3 Å². The van der Waals surface area contributed by atoms with E-state index >= 15 is 0 Å². The van der Waals surface area contributed by atoms with Crippen molar-refractivity contribution in [3.8, 4) is 0 Å². The summed E-state index contributed by atoms with van der Waals surface area (Å²) >= 11 is 1.63. The lowest BCUT2D eigenvalue weighted by Gasteiger charge is -2.18. The van der Waals surface area contributed by atoms with E-state index in [0.717, 1.165) is 19.3 Å². The summed E-state index contributed by atoms with van der Waals surface area (Å²) in [5.74, 6) is -2.51. The van der Waals surface area contributed by atoms with E-state index in [4.69, 9.17) is 0 Å². The maximum atomic E-state index is 13.0. The summed E-state index contributed by atoms with van der Waals surface area (Å²) < 4.78 is 38.9. The minimum atomic E-state index is -4.73. The van der Waals surface area contributed by atoms with Gasteiger partial charge in [-0.3, -0.25) is 10.1 Å². The Morgan fingerprint density at radius 3 is 2.58 bits per heavy atom. The zero-order valence-electron chi connectivity index (χ0n) is 14.4. The molecule has 0 saturated carbocycles. The Labute approximate surface area is 153 Å². The standard InChI is InChI=1S/C16H20F3N5OS/c1-3-12(6-4-5-11-7-8-26-9-11)21-15-23-13(16(17,18)19)22-14(24-15)20-10(2)25/h7-9,12H,3-6H2,1-2H3,(H2,20,21,22,23,24,25). The molecule has 2 rings (SSSR count). The van der Waals surface area contributed by atoms with Crippen LogP contribution in [0, 0.1) is 0 Å². The van der Waals surface area contributed by atoms with Crippen LogP contribution in [-0.4, -0.2) is 26.9 Å². The molecule has 0 aliphatic heterocycles. The molecule has 1 amide bonds. The van der Waals surface area contributed by atoms with Gasteiger partial charge in [0.25, 0.3) is 0 Å². The van der Waals surface area contributed by atoms with Gasteiger partial charge in [-0.05, 0) is 48.1 Å². The first-order chi connectivity index (χ1) is 12.3. The highest BCUT2D eigenvalue weighted by Gasteiger charge is 2.36. The van der Waals surface area contributed by atoms with Crippen molar-refractivity contribution in [2.75, 3.05) is 10.6 Å². The number of carbonyl (C=O) groups excluding carboxylic acids is 1. The van der Waals surface area contributed by atoms with Crippen LogP contribution in [0.15, 0.2) is 16.8 Å². The van der Waals surface area contributed by atoms with E-state index < -0.39 is 23.9 Å². The van der Waals surface area contributed by atoms with Gasteiger partial charge in [0.15, 0.2) is 0 Å². The van der Waals surface area contributed by atoms with Crippen LogP contribution in [0.4, 0.5) is 25.1 Å². The van der Waals surface area contributed by atoms with Crippen molar-refractivity contribution in [1.82, 2.24) is 15.0 Å². The average molecular weight is 387 g/mol. The summed E-state index contributed by atoms with van der Waals surface area (Å²) in [6.07, 6.45) is -1.48. The molecular formula is C16H20F3N5OS. The summed E-state index contributed by atoms with van der Waals surface area (Å²) in [6.45, 7) is 3.10. The van der Waals surface area contributed by atoms with Crippen LogP contribution < -0.4 is 10.6 Å². The topological polar surface area (TPSA) is 79.8 Å². The third-order valence-electron chi connectivity index (χ3n) is 3.60. The second-order valence-corrected chi connectivity index (χ2v) is 6.54. The molecule has 2 aromatic heterocycles. The van der Waals surface area contributed by atoms with Crippen molar-refractivity contribution in [3.63, 3.8) is 0 Å². The molecule has 0 aliphatic rings. The number of hydrogen-bond acceptors (Lipinski definition) is 6. The second-order valence-electron chi connectivity index (χ2n) is 5.76. The molecule has 26 heavy (non-hydrogen) atoms. The number of thiophene rings is 1. The second kappa shape index (κ2) is 8.93. The summed E-state index contributed by atoms with van der Waals surface area (Å²) in [5, 5.41) is 9.19. The first kappa shape index (κ1) is 20.1. The number of aromatic nitrogens is 3. The van der Waals surface area contributed by atoms with Gasteiger partial charge < -0.3 is 5.32 Å². The molecule has 10 heteroatoms. The van der Waals surface area contributed by atoms with Gasteiger partial charge in [0.05, 0.1) is 0 Å². The Morgan fingerprint density at radius 1 is 1.27 bits per heavy atom. The molecule has 2 N–H and O–H groups in total. The molecule has 0 radical (unpaired) electrons. The summed E-state index contributed by atoms with van der Waals surface area (Å²) in [5.41, 5.74) is 1.25. The minimum absolute atomic E-state index is 0.0812. The van der Waals surface area contributed by atoms with E-state index in [0.29, 0.717) is 6.42 Å². The molecule has 0 fully saturated rings. The lowest BCUT2D eigenvalue weighted by Crippen LogP contribution is -2.23. The van der Waals surface area contributed by atoms with E-state index in [1.165, 1.54) is 12.5 Å². The lowest BCUT2D eigenvalue weighted by molar-refractivity contribution is -0.145. The molecule has 2 aromatic rings. The number of amides is 1. The Kier molecular flexibility index (Phi) is 6.90. The van der Waals surface area contributed by atoms with Crippen LogP contribution in [0.5, 0.6) is 0 Å². The highest BCUT2D eigenvalue weighted by molar-refractivity contribution is 7.07. The van der Waals surface area contributed by atoms with Gasteiger partial charge in [-0.25, -0.2) is 0 Å². The Morgan fingerprint density at radius 2 is 2.00 bits per heavy atom. The normalized spacial score (nSPS) is 12.7. The van der Waals surface area contributed by atoms with E-state index in [2.05, 4.69) is 37.0 Å². The number of nitrogens with one attached hydrogen (secondary N) is 2. The van der Waals surface area contributed by atoms with Crippen molar-refractivity contribution in [3.05, 3.63) is 28.2 Å². The highest BCUT2D eigenvalue weighted by Crippen LogP contribution is 2.27. The van der Waals surface area contributed by atoms with Crippen LogP contribution in [0.25, 0.3) is 0 Å². The van der Waals surface area contributed by atoms with E-state index in [9.17, 15) is 18.0 Å². The predicted molar refractivity (Wildman–Crippen MR) is 94.1 cm³/mol. The van der Waals surface area contributed by atoms with Crippen LogP contribution in [-0.2, 0) is 17.4 Å². The molecule has 1 unspecified atom stereocenters. The van der Waals surface area contributed by atoms with Crippen molar-refractivity contribution in [2.24, 2.45) is 0 Å². The molecule has 0 bridgehead atoms. The number of alkyl halides is 3. The number of hydrogen-bond donors (Lipinski definition) is 2. The van der Waals surface area contributed by atoms with Crippen molar-refractivity contribution >= 4 is 29.1 Å². The van der Waals surface area contributed by atoms with E-state index in [-0.39, 0.29) is 12.0 Å².